The Morgan fingerprint density at radius 3 is 2.56 bits per heavy atom. The molecule has 1 unspecified atom stereocenters. The molecule has 4 heteroatoms. The van der Waals surface area contributed by atoms with Crippen LogP contribution >= 0.6 is 11.8 Å². The first kappa shape index (κ1) is 15.1. The molecule has 0 aliphatic rings. The number of amides is 1. The molecule has 0 bridgehead atoms. The maximum Gasteiger partial charge on any atom is 0.251 e. The van der Waals surface area contributed by atoms with E-state index < -0.39 is 0 Å². The third-order valence-corrected chi connectivity index (χ3v) is 3.58. The number of carbonyl (C=O) groups is 1. The molecule has 0 aliphatic heterocycles. The summed E-state index contributed by atoms with van der Waals surface area (Å²) in [6.45, 7) is 2.72. The first-order valence-electron chi connectivity index (χ1n) is 6.30. The first-order chi connectivity index (χ1) is 8.71. The normalized spacial score (nSPS) is 12.2. The van der Waals surface area contributed by atoms with Gasteiger partial charge in [0.05, 0.1) is 0 Å². The number of hydrogen-bond donors (Lipinski definition) is 2. The van der Waals surface area contributed by atoms with E-state index in [2.05, 4.69) is 18.5 Å². The molecular weight excluding hydrogens is 244 g/mol. The van der Waals surface area contributed by atoms with Crippen LogP contribution in [0.25, 0.3) is 0 Å². The van der Waals surface area contributed by atoms with Crippen LogP contribution in [0, 0.1) is 0 Å². The van der Waals surface area contributed by atoms with Gasteiger partial charge in [0, 0.05) is 17.4 Å². The highest BCUT2D eigenvalue weighted by molar-refractivity contribution is 7.98. The van der Waals surface area contributed by atoms with Crippen LogP contribution in [-0.4, -0.2) is 30.5 Å². The molecule has 3 N–H and O–H groups in total. The lowest BCUT2D eigenvalue weighted by Gasteiger charge is -2.15. The predicted octanol–water partition coefficient (Wildman–Crippen LogP) is 2.06. The Labute approximate surface area is 114 Å². The zero-order chi connectivity index (χ0) is 13.4. The molecule has 0 spiro atoms. The van der Waals surface area contributed by atoms with Gasteiger partial charge in [-0.05, 0) is 43.3 Å². The molecule has 0 radical (unpaired) electrons. The van der Waals surface area contributed by atoms with Crippen molar-refractivity contribution in [3.05, 3.63) is 35.4 Å². The Bertz CT molecular complexity index is 365. The third-order valence-electron chi connectivity index (χ3n) is 2.85. The van der Waals surface area contributed by atoms with Gasteiger partial charge in [-0.3, -0.25) is 4.79 Å². The second kappa shape index (κ2) is 8.16. The van der Waals surface area contributed by atoms with Crippen LogP contribution in [0.5, 0.6) is 0 Å². The summed E-state index contributed by atoms with van der Waals surface area (Å²) in [5.41, 5.74) is 7.38. The number of benzene rings is 1. The van der Waals surface area contributed by atoms with E-state index >= 15 is 0 Å². The molecule has 0 heterocycles. The Hall–Kier alpha value is -1.00. The zero-order valence-corrected chi connectivity index (χ0v) is 11.9. The highest BCUT2D eigenvalue weighted by Gasteiger charge is 2.11. The number of thioether (sulfide) groups is 1. The van der Waals surface area contributed by atoms with E-state index in [9.17, 15) is 4.79 Å². The fourth-order valence-corrected chi connectivity index (χ4v) is 2.44. The minimum Gasteiger partial charge on any atom is -0.348 e. The molecule has 0 saturated carbocycles. The summed E-state index contributed by atoms with van der Waals surface area (Å²) in [4.78, 5) is 12.0. The highest BCUT2D eigenvalue weighted by atomic mass is 32.2. The predicted molar refractivity (Wildman–Crippen MR) is 79.1 cm³/mol. The van der Waals surface area contributed by atoms with Gasteiger partial charge in [-0.25, -0.2) is 0 Å². The fraction of sp³-hybridized carbons (Fsp3) is 0.500. The topological polar surface area (TPSA) is 55.1 Å². The maximum absolute atomic E-state index is 12.0. The minimum absolute atomic E-state index is 0.00944. The summed E-state index contributed by atoms with van der Waals surface area (Å²) in [6, 6.07) is 7.92. The Morgan fingerprint density at radius 1 is 1.39 bits per heavy atom. The van der Waals surface area contributed by atoms with E-state index in [1.165, 1.54) is 5.56 Å². The number of rotatable bonds is 7. The van der Waals surface area contributed by atoms with E-state index in [1.807, 2.05) is 24.3 Å². The summed E-state index contributed by atoms with van der Waals surface area (Å²) >= 11 is 1.75. The van der Waals surface area contributed by atoms with Crippen molar-refractivity contribution in [2.75, 3.05) is 18.6 Å². The number of carbonyl (C=O) groups excluding carboxylic acids is 1. The van der Waals surface area contributed by atoms with Gasteiger partial charge < -0.3 is 11.1 Å². The number of nitrogens with one attached hydrogen (secondary N) is 1. The standard InChI is InChI=1S/C14H22N2OS/c1-3-13(10-18-2)16-14(17)12-6-4-11(5-7-12)8-9-15/h4-7,13H,3,8-10,15H2,1-2H3,(H,16,17). The van der Waals surface area contributed by atoms with Crippen LogP contribution in [0.1, 0.15) is 29.3 Å². The number of nitrogens with two attached hydrogens (primary N) is 1. The quantitative estimate of drug-likeness (QED) is 0.794. The third kappa shape index (κ3) is 4.70. The lowest BCUT2D eigenvalue weighted by atomic mass is 10.1. The molecule has 100 valence electrons. The summed E-state index contributed by atoms with van der Waals surface area (Å²) in [6.07, 6.45) is 3.86. The molecule has 1 aromatic carbocycles. The van der Waals surface area contributed by atoms with Crippen molar-refractivity contribution < 1.29 is 4.79 Å². The molecule has 0 aliphatic carbocycles. The summed E-state index contributed by atoms with van der Waals surface area (Å²) in [7, 11) is 0. The second-order valence-electron chi connectivity index (χ2n) is 4.27. The van der Waals surface area contributed by atoms with Gasteiger partial charge in [0.2, 0.25) is 0 Å². The van der Waals surface area contributed by atoms with Crippen LogP contribution in [0.4, 0.5) is 0 Å². The molecule has 1 amide bonds. The molecule has 1 rings (SSSR count). The molecule has 1 atom stereocenters. The van der Waals surface area contributed by atoms with Crippen molar-refractivity contribution in [2.24, 2.45) is 5.73 Å². The maximum atomic E-state index is 12.0. The average Bonchev–Trinajstić information content (AvgIpc) is 2.39. The Morgan fingerprint density at radius 2 is 2.06 bits per heavy atom. The smallest absolute Gasteiger partial charge is 0.251 e. The lowest BCUT2D eigenvalue weighted by Crippen LogP contribution is -2.36. The van der Waals surface area contributed by atoms with Gasteiger partial charge in [-0.1, -0.05) is 19.1 Å². The first-order valence-corrected chi connectivity index (χ1v) is 7.69. The average molecular weight is 266 g/mol. The van der Waals surface area contributed by atoms with Crippen LogP contribution in [0.2, 0.25) is 0 Å². The molecule has 3 nitrogen and oxygen atoms in total. The van der Waals surface area contributed by atoms with Crippen molar-refractivity contribution in [3.8, 4) is 0 Å². The largest absolute Gasteiger partial charge is 0.348 e. The van der Waals surface area contributed by atoms with Crippen LogP contribution in [0.15, 0.2) is 24.3 Å². The molecule has 1 aromatic rings. The van der Waals surface area contributed by atoms with E-state index in [-0.39, 0.29) is 11.9 Å². The molecule has 0 saturated heterocycles. The monoisotopic (exact) mass is 266 g/mol. The zero-order valence-electron chi connectivity index (χ0n) is 11.1. The van der Waals surface area contributed by atoms with Gasteiger partial charge in [0.25, 0.3) is 5.91 Å². The lowest BCUT2D eigenvalue weighted by molar-refractivity contribution is 0.0940. The van der Waals surface area contributed by atoms with Gasteiger partial charge in [0.1, 0.15) is 0 Å². The van der Waals surface area contributed by atoms with Gasteiger partial charge in [-0.2, -0.15) is 11.8 Å². The van der Waals surface area contributed by atoms with Gasteiger partial charge in [-0.15, -0.1) is 0 Å². The van der Waals surface area contributed by atoms with Crippen molar-refractivity contribution >= 4 is 17.7 Å². The molecule has 18 heavy (non-hydrogen) atoms. The molecular formula is C14H22N2OS. The van der Waals surface area contributed by atoms with Crippen LogP contribution in [0.3, 0.4) is 0 Å². The Balaban J connectivity index is 2.60. The van der Waals surface area contributed by atoms with Crippen LogP contribution < -0.4 is 11.1 Å². The van der Waals surface area contributed by atoms with Crippen molar-refractivity contribution in [2.45, 2.75) is 25.8 Å². The highest BCUT2D eigenvalue weighted by Crippen LogP contribution is 2.07. The van der Waals surface area contributed by atoms with Gasteiger partial charge >= 0.3 is 0 Å². The summed E-state index contributed by atoms with van der Waals surface area (Å²) in [5.74, 6) is 0.961. The number of hydrogen-bond acceptors (Lipinski definition) is 3. The van der Waals surface area contributed by atoms with E-state index in [0.29, 0.717) is 6.54 Å². The van der Waals surface area contributed by atoms with E-state index in [4.69, 9.17) is 5.73 Å². The van der Waals surface area contributed by atoms with E-state index in [1.54, 1.807) is 11.8 Å². The summed E-state index contributed by atoms with van der Waals surface area (Å²) < 4.78 is 0. The fourth-order valence-electron chi connectivity index (χ4n) is 1.72. The minimum atomic E-state index is 0.00944. The SMILES string of the molecule is CCC(CSC)NC(=O)c1ccc(CCN)cc1. The molecule has 0 aromatic heterocycles. The van der Waals surface area contributed by atoms with Crippen molar-refractivity contribution in [3.63, 3.8) is 0 Å². The van der Waals surface area contributed by atoms with Crippen molar-refractivity contribution in [1.29, 1.82) is 0 Å². The van der Waals surface area contributed by atoms with Crippen LogP contribution in [-0.2, 0) is 6.42 Å². The van der Waals surface area contributed by atoms with E-state index in [0.717, 1.165) is 24.2 Å². The Kier molecular flexibility index (Phi) is 6.83. The van der Waals surface area contributed by atoms with Crippen molar-refractivity contribution in [1.82, 2.24) is 5.32 Å². The molecule has 0 fully saturated rings. The second-order valence-corrected chi connectivity index (χ2v) is 5.18. The summed E-state index contributed by atoms with van der Waals surface area (Å²) in [5, 5.41) is 3.05. The van der Waals surface area contributed by atoms with Gasteiger partial charge in [0.15, 0.2) is 0 Å².